The molecule has 0 aliphatic heterocycles. The summed E-state index contributed by atoms with van der Waals surface area (Å²) < 4.78 is 1.53. The molecular formula is C8H13RuSi. The molecule has 0 amide bonds. The van der Waals surface area contributed by atoms with Crippen molar-refractivity contribution in [2.75, 3.05) is 0 Å². The predicted octanol–water partition coefficient (Wildman–Crippen LogP) is 2.62. The fourth-order valence-corrected chi connectivity index (χ4v) is 4.94. The monoisotopic (exact) mass is 239 g/mol. The Kier molecular flexibility index (Phi) is 2.31. The van der Waals surface area contributed by atoms with Gasteiger partial charge in [-0.3, -0.25) is 0 Å². The zero-order valence-corrected chi connectivity index (χ0v) is 9.45. The van der Waals surface area contributed by atoms with Crippen LogP contribution in [0.3, 0.4) is 0 Å². The summed E-state index contributed by atoms with van der Waals surface area (Å²) in [7, 11) is -1.01. The van der Waals surface area contributed by atoms with Gasteiger partial charge >= 0.3 is 74.0 Å². The van der Waals surface area contributed by atoms with Crippen molar-refractivity contribution >= 4 is 8.07 Å². The van der Waals surface area contributed by atoms with Crippen molar-refractivity contribution in [2.24, 2.45) is 0 Å². The van der Waals surface area contributed by atoms with Gasteiger partial charge in [-0.2, -0.15) is 0 Å². The molecule has 1 rings (SSSR count). The van der Waals surface area contributed by atoms with Gasteiger partial charge in [0.2, 0.25) is 0 Å². The quantitative estimate of drug-likeness (QED) is 0.616. The molecule has 1 aliphatic carbocycles. The van der Waals surface area contributed by atoms with Gasteiger partial charge in [0.15, 0.2) is 0 Å². The molecule has 0 aromatic carbocycles. The fourth-order valence-electron chi connectivity index (χ4n) is 1.12. The Labute approximate surface area is 74.1 Å². The van der Waals surface area contributed by atoms with Crippen molar-refractivity contribution in [2.45, 2.75) is 26.1 Å². The minimum atomic E-state index is -1.01. The molecule has 10 heavy (non-hydrogen) atoms. The first-order valence-electron chi connectivity index (χ1n) is 3.56. The van der Waals surface area contributed by atoms with Gasteiger partial charge < -0.3 is 0 Å². The van der Waals surface area contributed by atoms with E-state index in [-0.39, 0.29) is 0 Å². The van der Waals surface area contributed by atoms with E-state index in [0.717, 1.165) is 6.42 Å². The second kappa shape index (κ2) is 2.75. The fraction of sp³-hybridized carbons (Fsp3) is 0.500. The van der Waals surface area contributed by atoms with Crippen molar-refractivity contribution in [3.05, 3.63) is 21.5 Å². The molecule has 0 nitrogen and oxygen atoms in total. The number of allylic oxidation sites excluding steroid dienone is 4. The number of hydrogen-bond donors (Lipinski definition) is 0. The van der Waals surface area contributed by atoms with Crippen LogP contribution in [0.5, 0.6) is 0 Å². The standard InChI is InChI=1S/C8H13Si.Ru/c1-9(2,3)8-6-4-5-7-8;/h4,6H,5H2,1-3H3;. The van der Waals surface area contributed by atoms with Crippen molar-refractivity contribution in [3.63, 3.8) is 0 Å². The summed E-state index contributed by atoms with van der Waals surface area (Å²) >= 11 is 2.76. The Morgan fingerprint density at radius 1 is 1.40 bits per heavy atom. The van der Waals surface area contributed by atoms with E-state index in [2.05, 4.69) is 50.1 Å². The van der Waals surface area contributed by atoms with Crippen molar-refractivity contribution in [1.82, 2.24) is 0 Å². The Balaban J connectivity index is 2.91. The van der Waals surface area contributed by atoms with Gasteiger partial charge in [-0.05, 0) is 0 Å². The SMILES string of the molecule is C[Si](C)(C)C1=[C]([Ru])CC=C1. The first-order chi connectivity index (χ1) is 4.52. The van der Waals surface area contributed by atoms with Crippen LogP contribution in [-0.4, -0.2) is 8.07 Å². The Morgan fingerprint density at radius 3 is 2.20 bits per heavy atom. The van der Waals surface area contributed by atoms with Crippen LogP contribution in [0.4, 0.5) is 0 Å². The average molecular weight is 238 g/mol. The molecule has 0 heterocycles. The summed E-state index contributed by atoms with van der Waals surface area (Å²) in [4.78, 5) is 0. The van der Waals surface area contributed by atoms with E-state index < -0.39 is 8.07 Å². The average Bonchev–Trinajstić information content (AvgIpc) is 2.11. The maximum atomic E-state index is 2.76. The number of hydrogen-bond acceptors (Lipinski definition) is 0. The third-order valence-corrected chi connectivity index (χ3v) is 4.98. The molecule has 1 aliphatic rings. The van der Waals surface area contributed by atoms with E-state index in [1.54, 1.807) is 5.20 Å². The second-order valence-electron chi connectivity index (χ2n) is 3.66. The molecule has 0 bridgehead atoms. The predicted molar refractivity (Wildman–Crippen MR) is 44.1 cm³/mol. The molecule has 57 valence electrons. The van der Waals surface area contributed by atoms with Crippen molar-refractivity contribution < 1.29 is 18.3 Å². The van der Waals surface area contributed by atoms with Crippen LogP contribution in [0.1, 0.15) is 6.42 Å². The first-order valence-corrected chi connectivity index (χ1v) is 7.93. The molecule has 0 aromatic rings. The van der Waals surface area contributed by atoms with Gasteiger partial charge in [-0.15, -0.1) is 0 Å². The molecule has 0 fully saturated rings. The maximum absolute atomic E-state index is 2.76. The molecule has 0 unspecified atom stereocenters. The van der Waals surface area contributed by atoms with E-state index >= 15 is 0 Å². The van der Waals surface area contributed by atoms with Gasteiger partial charge in [0.1, 0.15) is 0 Å². The molecule has 0 atom stereocenters. The summed E-state index contributed by atoms with van der Waals surface area (Å²) in [6.07, 6.45) is 5.73. The molecule has 0 saturated carbocycles. The first kappa shape index (κ1) is 8.42. The van der Waals surface area contributed by atoms with E-state index in [9.17, 15) is 0 Å². The molecule has 0 saturated heterocycles. The van der Waals surface area contributed by atoms with Crippen LogP contribution in [0.15, 0.2) is 21.5 Å². The molecular weight excluding hydrogens is 225 g/mol. The van der Waals surface area contributed by atoms with Gasteiger partial charge in [0, 0.05) is 0 Å². The van der Waals surface area contributed by atoms with Gasteiger partial charge in [0.25, 0.3) is 0 Å². The normalized spacial score (nSPS) is 18.8. The summed E-state index contributed by atoms with van der Waals surface area (Å²) in [6.45, 7) is 7.18. The molecule has 0 spiro atoms. The van der Waals surface area contributed by atoms with Crippen molar-refractivity contribution in [1.29, 1.82) is 0 Å². The van der Waals surface area contributed by atoms with E-state index in [0.29, 0.717) is 0 Å². The summed E-state index contributed by atoms with van der Waals surface area (Å²) in [5.41, 5.74) is 0. The van der Waals surface area contributed by atoms with E-state index in [1.165, 1.54) is 4.17 Å². The van der Waals surface area contributed by atoms with Crippen LogP contribution in [0.2, 0.25) is 19.6 Å². The molecule has 2 heteroatoms. The summed E-state index contributed by atoms with van der Waals surface area (Å²) in [5, 5.41) is 1.63. The van der Waals surface area contributed by atoms with Gasteiger partial charge in [0.05, 0.1) is 0 Å². The third-order valence-electron chi connectivity index (χ3n) is 1.67. The minimum absolute atomic E-state index is 1.01. The van der Waals surface area contributed by atoms with Crippen LogP contribution >= 0.6 is 0 Å². The van der Waals surface area contributed by atoms with Crippen LogP contribution in [0.25, 0.3) is 0 Å². The van der Waals surface area contributed by atoms with Gasteiger partial charge in [-0.1, -0.05) is 0 Å². The van der Waals surface area contributed by atoms with Crippen LogP contribution < -0.4 is 0 Å². The second-order valence-corrected chi connectivity index (χ2v) is 9.75. The topological polar surface area (TPSA) is 0 Å². The third kappa shape index (κ3) is 1.67. The molecule has 0 aromatic heterocycles. The van der Waals surface area contributed by atoms with Crippen LogP contribution in [0, 0.1) is 0 Å². The Bertz CT molecular complexity index is 196. The Morgan fingerprint density at radius 2 is 2.00 bits per heavy atom. The van der Waals surface area contributed by atoms with Crippen molar-refractivity contribution in [3.8, 4) is 0 Å². The zero-order chi connectivity index (χ0) is 7.78. The summed E-state index contributed by atoms with van der Waals surface area (Å²) in [6, 6.07) is 0. The van der Waals surface area contributed by atoms with Gasteiger partial charge in [-0.25, -0.2) is 0 Å². The molecule has 0 N–H and O–H groups in total. The van der Waals surface area contributed by atoms with E-state index in [4.69, 9.17) is 0 Å². The van der Waals surface area contributed by atoms with Crippen LogP contribution in [-0.2, 0) is 18.3 Å². The molecule has 0 radical (unpaired) electrons. The van der Waals surface area contributed by atoms with E-state index in [1.807, 2.05) is 0 Å². The number of rotatable bonds is 1. The zero-order valence-electron chi connectivity index (χ0n) is 6.72. The summed E-state index contributed by atoms with van der Waals surface area (Å²) in [5.74, 6) is 0. The Hall–Kier alpha value is 0.320.